The zero-order valence-electron chi connectivity index (χ0n) is 17.7. The van der Waals surface area contributed by atoms with Gasteiger partial charge >= 0.3 is 0 Å². The molecule has 0 aliphatic rings. The van der Waals surface area contributed by atoms with Gasteiger partial charge in [0, 0.05) is 60.9 Å². The van der Waals surface area contributed by atoms with Gasteiger partial charge in [-0.2, -0.15) is 4.98 Å². The summed E-state index contributed by atoms with van der Waals surface area (Å²) < 4.78 is 1.99. The molecule has 0 bridgehead atoms. The smallest absolute Gasteiger partial charge is 0.255 e. The van der Waals surface area contributed by atoms with Gasteiger partial charge in [-0.15, -0.1) is 0 Å². The van der Waals surface area contributed by atoms with Gasteiger partial charge in [-0.05, 0) is 67.6 Å². The second kappa shape index (κ2) is 8.71. The first kappa shape index (κ1) is 20.2. The summed E-state index contributed by atoms with van der Waals surface area (Å²) in [6, 6.07) is 20.8. The van der Waals surface area contributed by atoms with Crippen LogP contribution >= 0.6 is 0 Å². The van der Waals surface area contributed by atoms with E-state index in [0.717, 1.165) is 22.9 Å². The van der Waals surface area contributed by atoms with Gasteiger partial charge in [-0.1, -0.05) is 0 Å². The molecule has 0 aliphatic heterocycles. The van der Waals surface area contributed by atoms with Gasteiger partial charge in [0.05, 0.1) is 0 Å². The first-order valence-electron chi connectivity index (χ1n) is 9.93. The second-order valence-electron chi connectivity index (χ2n) is 7.38. The van der Waals surface area contributed by atoms with E-state index in [1.54, 1.807) is 0 Å². The number of nitrogens with one attached hydrogen (secondary N) is 2. The Morgan fingerprint density at radius 2 is 1.55 bits per heavy atom. The van der Waals surface area contributed by atoms with Crippen molar-refractivity contribution in [3.8, 4) is 5.69 Å². The molecule has 31 heavy (non-hydrogen) atoms. The second-order valence-corrected chi connectivity index (χ2v) is 7.38. The molecule has 0 saturated heterocycles. The maximum Gasteiger partial charge on any atom is 0.255 e. The molecule has 2 heterocycles. The van der Waals surface area contributed by atoms with Crippen molar-refractivity contribution in [2.75, 3.05) is 29.6 Å². The van der Waals surface area contributed by atoms with Crippen LogP contribution in [0.1, 0.15) is 16.1 Å². The lowest BCUT2D eigenvalue weighted by Gasteiger charge is -2.14. The molecule has 7 heteroatoms. The highest BCUT2D eigenvalue weighted by atomic mass is 16.1. The highest BCUT2D eigenvalue weighted by Crippen LogP contribution is 2.20. The highest BCUT2D eigenvalue weighted by Gasteiger charge is 2.08. The van der Waals surface area contributed by atoms with Crippen LogP contribution in [0.5, 0.6) is 0 Å². The molecule has 0 aliphatic carbocycles. The van der Waals surface area contributed by atoms with Crippen molar-refractivity contribution in [1.82, 2.24) is 14.5 Å². The van der Waals surface area contributed by atoms with Crippen LogP contribution in [-0.2, 0) is 0 Å². The number of benzene rings is 2. The number of aromatic nitrogens is 3. The van der Waals surface area contributed by atoms with E-state index in [1.165, 1.54) is 0 Å². The Hall–Kier alpha value is -4.13. The van der Waals surface area contributed by atoms with Crippen LogP contribution in [0.25, 0.3) is 5.69 Å². The van der Waals surface area contributed by atoms with Crippen molar-refractivity contribution < 1.29 is 4.79 Å². The molecule has 4 aromatic rings. The van der Waals surface area contributed by atoms with Gasteiger partial charge in [0.2, 0.25) is 5.95 Å². The normalized spacial score (nSPS) is 10.5. The predicted molar refractivity (Wildman–Crippen MR) is 125 cm³/mol. The zero-order chi connectivity index (χ0) is 21.8. The molecule has 0 radical (unpaired) electrons. The van der Waals surface area contributed by atoms with Crippen LogP contribution in [-0.4, -0.2) is 34.5 Å². The van der Waals surface area contributed by atoms with Crippen molar-refractivity contribution >= 4 is 29.0 Å². The van der Waals surface area contributed by atoms with Crippen molar-refractivity contribution in [3.63, 3.8) is 0 Å². The third-order valence-corrected chi connectivity index (χ3v) is 4.73. The number of carbonyl (C=O) groups excluding carboxylic acids is 1. The van der Waals surface area contributed by atoms with Gasteiger partial charge in [0.15, 0.2) is 0 Å². The molecule has 4 rings (SSSR count). The molecule has 2 N–H and O–H groups in total. The van der Waals surface area contributed by atoms with E-state index in [0.29, 0.717) is 17.2 Å². The van der Waals surface area contributed by atoms with Crippen LogP contribution in [0.2, 0.25) is 0 Å². The van der Waals surface area contributed by atoms with E-state index in [-0.39, 0.29) is 5.91 Å². The number of carbonyl (C=O) groups is 1. The quantitative estimate of drug-likeness (QED) is 0.483. The standard InChI is InChI=1S/C24H24N6O/c1-17-16-22(29(2)3)28-24(25-17)27-20-10-8-19(9-11-20)26-23(31)18-6-12-21(13-7-18)30-14-4-5-15-30/h4-16H,1-3H3,(H,26,31)(H,25,27,28). The summed E-state index contributed by atoms with van der Waals surface area (Å²) in [5.74, 6) is 1.21. The number of nitrogens with zero attached hydrogens (tertiary/aromatic N) is 4. The fourth-order valence-electron chi connectivity index (χ4n) is 3.10. The largest absolute Gasteiger partial charge is 0.363 e. The Bertz CT molecular complexity index is 1170. The number of rotatable bonds is 6. The van der Waals surface area contributed by atoms with Crippen molar-refractivity contribution in [1.29, 1.82) is 0 Å². The van der Waals surface area contributed by atoms with Gasteiger partial charge < -0.3 is 20.1 Å². The molecule has 0 unspecified atom stereocenters. The lowest BCUT2D eigenvalue weighted by Crippen LogP contribution is -2.13. The fourth-order valence-corrected chi connectivity index (χ4v) is 3.10. The van der Waals surface area contributed by atoms with Gasteiger partial charge in [0.1, 0.15) is 5.82 Å². The monoisotopic (exact) mass is 412 g/mol. The Morgan fingerprint density at radius 1 is 0.903 bits per heavy atom. The van der Waals surface area contributed by atoms with E-state index >= 15 is 0 Å². The number of amides is 1. The summed E-state index contributed by atoms with van der Waals surface area (Å²) in [6.45, 7) is 1.93. The van der Waals surface area contributed by atoms with Crippen molar-refractivity contribution in [3.05, 3.63) is 90.4 Å². The molecule has 1 amide bonds. The minimum absolute atomic E-state index is 0.155. The molecule has 0 fully saturated rings. The summed E-state index contributed by atoms with van der Waals surface area (Å²) >= 11 is 0. The lowest BCUT2D eigenvalue weighted by atomic mass is 10.2. The van der Waals surface area contributed by atoms with Gasteiger partial charge in [0.25, 0.3) is 5.91 Å². The molecule has 0 atom stereocenters. The zero-order valence-corrected chi connectivity index (χ0v) is 17.7. The lowest BCUT2D eigenvalue weighted by molar-refractivity contribution is 0.102. The Labute approximate surface area is 181 Å². The van der Waals surface area contributed by atoms with Crippen molar-refractivity contribution in [2.24, 2.45) is 0 Å². The minimum atomic E-state index is -0.155. The summed E-state index contributed by atoms with van der Waals surface area (Å²) in [5.41, 5.74) is 4.04. The average Bonchev–Trinajstić information content (AvgIpc) is 3.30. The Kier molecular flexibility index (Phi) is 5.66. The molecule has 7 nitrogen and oxygen atoms in total. The Balaban J connectivity index is 1.41. The van der Waals surface area contributed by atoms with E-state index in [9.17, 15) is 4.79 Å². The average molecular weight is 412 g/mol. The maximum atomic E-state index is 12.6. The van der Waals surface area contributed by atoms with E-state index in [4.69, 9.17) is 0 Å². The number of aryl methyl sites for hydroxylation is 1. The first-order chi connectivity index (χ1) is 15.0. The van der Waals surface area contributed by atoms with E-state index in [2.05, 4.69) is 20.6 Å². The van der Waals surface area contributed by atoms with Crippen LogP contribution in [0.15, 0.2) is 79.1 Å². The molecule has 2 aromatic carbocycles. The SMILES string of the molecule is Cc1cc(N(C)C)nc(Nc2ccc(NC(=O)c3ccc(-n4cccc4)cc3)cc2)n1. The van der Waals surface area contributed by atoms with E-state index in [1.807, 2.05) is 110 Å². The highest BCUT2D eigenvalue weighted by molar-refractivity contribution is 6.04. The molecule has 2 aromatic heterocycles. The molecule has 0 spiro atoms. The minimum Gasteiger partial charge on any atom is -0.363 e. The van der Waals surface area contributed by atoms with Gasteiger partial charge in [-0.3, -0.25) is 4.79 Å². The third-order valence-electron chi connectivity index (χ3n) is 4.73. The molecule has 156 valence electrons. The summed E-state index contributed by atoms with van der Waals surface area (Å²) in [4.78, 5) is 23.4. The fraction of sp³-hybridized carbons (Fsp3) is 0.125. The van der Waals surface area contributed by atoms with Gasteiger partial charge in [-0.25, -0.2) is 4.98 Å². The van der Waals surface area contributed by atoms with E-state index < -0.39 is 0 Å². The third kappa shape index (κ3) is 4.90. The van der Waals surface area contributed by atoms with Crippen LogP contribution in [0.3, 0.4) is 0 Å². The van der Waals surface area contributed by atoms with Crippen LogP contribution in [0.4, 0.5) is 23.1 Å². The first-order valence-corrected chi connectivity index (χ1v) is 9.93. The number of anilines is 4. The van der Waals surface area contributed by atoms with Crippen LogP contribution in [0, 0.1) is 6.92 Å². The van der Waals surface area contributed by atoms with Crippen molar-refractivity contribution in [2.45, 2.75) is 6.92 Å². The Morgan fingerprint density at radius 3 is 2.19 bits per heavy atom. The summed E-state index contributed by atoms with van der Waals surface area (Å²) in [5, 5.41) is 6.13. The number of hydrogen-bond donors (Lipinski definition) is 2. The topological polar surface area (TPSA) is 75.1 Å². The molecular weight excluding hydrogens is 388 g/mol. The van der Waals surface area contributed by atoms with Crippen LogP contribution < -0.4 is 15.5 Å². The maximum absolute atomic E-state index is 12.6. The summed E-state index contributed by atoms with van der Waals surface area (Å²) in [7, 11) is 3.88. The predicted octanol–water partition coefficient (Wildman–Crippen LogP) is 4.64. The molecular formula is C24H24N6O. The molecule has 0 saturated carbocycles. The number of hydrogen-bond acceptors (Lipinski definition) is 5. The summed E-state index contributed by atoms with van der Waals surface area (Å²) in [6.07, 6.45) is 3.93.